The normalized spacial score (nSPS) is 16.8. The fourth-order valence-corrected chi connectivity index (χ4v) is 2.68. The Morgan fingerprint density at radius 1 is 1.18 bits per heavy atom. The molecule has 0 spiro atoms. The van der Waals surface area contributed by atoms with Crippen LogP contribution in [0.15, 0.2) is 30.3 Å². The average Bonchev–Trinajstić information content (AvgIpc) is 2.53. The van der Waals surface area contributed by atoms with Crippen LogP contribution in [0.5, 0.6) is 17.2 Å². The van der Waals surface area contributed by atoms with Gasteiger partial charge in [-0.25, -0.2) is 0 Å². The van der Waals surface area contributed by atoms with Crippen LogP contribution in [-0.2, 0) is 0 Å². The van der Waals surface area contributed by atoms with Gasteiger partial charge in [0.05, 0.1) is 12.0 Å². The number of ether oxygens (including phenoxy) is 1. The van der Waals surface area contributed by atoms with Crippen LogP contribution >= 0.6 is 0 Å². The SMILES string of the molecule is Cc1c(O)c(C=O)c(O)c2c1O[C@H](c1ccccc1)CC2=O. The van der Waals surface area contributed by atoms with E-state index in [9.17, 15) is 19.8 Å². The first-order chi connectivity index (χ1) is 10.5. The predicted molar refractivity (Wildman–Crippen MR) is 78.7 cm³/mol. The molecule has 0 saturated heterocycles. The lowest BCUT2D eigenvalue weighted by molar-refractivity contribution is 0.0842. The molecule has 1 aliphatic heterocycles. The Morgan fingerprint density at radius 2 is 1.86 bits per heavy atom. The van der Waals surface area contributed by atoms with E-state index < -0.39 is 11.9 Å². The van der Waals surface area contributed by atoms with Gasteiger partial charge in [-0.1, -0.05) is 30.3 Å². The van der Waals surface area contributed by atoms with Gasteiger partial charge in [-0.3, -0.25) is 9.59 Å². The quantitative estimate of drug-likeness (QED) is 0.833. The van der Waals surface area contributed by atoms with Gasteiger partial charge in [0.25, 0.3) is 0 Å². The van der Waals surface area contributed by atoms with E-state index >= 15 is 0 Å². The lowest BCUT2D eigenvalue weighted by atomic mass is 9.91. The molecular formula is C17H14O5. The first kappa shape index (κ1) is 14.1. The highest BCUT2D eigenvalue weighted by Crippen LogP contribution is 2.46. The number of phenols is 2. The van der Waals surface area contributed by atoms with Crippen LogP contribution in [0.4, 0.5) is 0 Å². The van der Waals surface area contributed by atoms with E-state index in [1.165, 1.54) is 0 Å². The van der Waals surface area contributed by atoms with Crippen LogP contribution in [0, 0.1) is 6.92 Å². The van der Waals surface area contributed by atoms with Crippen molar-refractivity contribution >= 4 is 12.1 Å². The van der Waals surface area contributed by atoms with Crippen molar-refractivity contribution < 1.29 is 24.5 Å². The number of Topliss-reactive ketones (excluding diaryl/α,β-unsaturated/α-hetero) is 1. The number of hydrogen-bond acceptors (Lipinski definition) is 5. The number of aldehydes is 1. The third-order valence-corrected chi connectivity index (χ3v) is 3.87. The number of phenolic OH excluding ortho intramolecular Hbond substituents is 2. The molecule has 5 nitrogen and oxygen atoms in total. The zero-order chi connectivity index (χ0) is 15.9. The van der Waals surface area contributed by atoms with E-state index in [1.54, 1.807) is 6.92 Å². The highest BCUT2D eigenvalue weighted by Gasteiger charge is 2.34. The first-order valence-corrected chi connectivity index (χ1v) is 6.83. The molecule has 0 aliphatic carbocycles. The van der Waals surface area contributed by atoms with Crippen molar-refractivity contribution in [2.75, 3.05) is 0 Å². The molecule has 3 rings (SSSR count). The molecule has 5 heteroatoms. The highest BCUT2D eigenvalue weighted by molar-refractivity contribution is 6.06. The van der Waals surface area contributed by atoms with Gasteiger partial charge in [0.2, 0.25) is 0 Å². The summed E-state index contributed by atoms with van der Waals surface area (Å²) in [5, 5.41) is 20.1. The minimum atomic E-state index is -0.524. The van der Waals surface area contributed by atoms with Crippen molar-refractivity contribution in [1.29, 1.82) is 0 Å². The second-order valence-electron chi connectivity index (χ2n) is 5.20. The number of ketones is 1. The molecule has 0 aromatic heterocycles. The Morgan fingerprint density at radius 3 is 2.50 bits per heavy atom. The van der Waals surface area contributed by atoms with Gasteiger partial charge in [-0.15, -0.1) is 0 Å². The molecule has 0 radical (unpaired) electrons. The molecule has 0 fully saturated rings. The van der Waals surface area contributed by atoms with Crippen molar-refractivity contribution in [1.82, 2.24) is 0 Å². The van der Waals surface area contributed by atoms with Crippen LogP contribution in [0.3, 0.4) is 0 Å². The molecule has 1 aliphatic rings. The number of carbonyl (C=O) groups excluding carboxylic acids is 2. The van der Waals surface area contributed by atoms with E-state index in [0.29, 0.717) is 6.29 Å². The van der Waals surface area contributed by atoms with Crippen LogP contribution in [0.2, 0.25) is 0 Å². The molecule has 2 N–H and O–H groups in total. The maximum absolute atomic E-state index is 12.4. The number of hydrogen-bond donors (Lipinski definition) is 2. The standard InChI is InChI=1S/C17H14O5/c1-9-15(20)11(8-18)16(21)14-12(19)7-13(22-17(9)14)10-5-3-2-4-6-10/h2-6,8,13,20-21H,7H2,1H3/t13-/m0/s1. The molecule has 112 valence electrons. The Labute approximate surface area is 126 Å². The Hall–Kier alpha value is -2.82. The molecular weight excluding hydrogens is 284 g/mol. The van der Waals surface area contributed by atoms with Gasteiger partial charge in [0.15, 0.2) is 12.1 Å². The highest BCUT2D eigenvalue weighted by atomic mass is 16.5. The fourth-order valence-electron chi connectivity index (χ4n) is 2.68. The van der Waals surface area contributed by atoms with Crippen molar-refractivity contribution in [2.45, 2.75) is 19.4 Å². The molecule has 2 aromatic carbocycles. The van der Waals surface area contributed by atoms with Crippen LogP contribution in [0.25, 0.3) is 0 Å². The number of aromatic hydroxyl groups is 2. The Balaban J connectivity index is 2.15. The minimum absolute atomic E-state index is 0.0374. The molecule has 0 saturated carbocycles. The Bertz CT molecular complexity index is 765. The van der Waals surface area contributed by atoms with Gasteiger partial charge in [-0.05, 0) is 12.5 Å². The molecule has 0 unspecified atom stereocenters. The second kappa shape index (κ2) is 5.18. The fraction of sp³-hybridized carbons (Fsp3) is 0.176. The summed E-state index contributed by atoms with van der Waals surface area (Å²) >= 11 is 0. The first-order valence-electron chi connectivity index (χ1n) is 6.83. The van der Waals surface area contributed by atoms with Crippen LogP contribution < -0.4 is 4.74 Å². The van der Waals surface area contributed by atoms with Gasteiger partial charge in [0.1, 0.15) is 28.9 Å². The average molecular weight is 298 g/mol. The van der Waals surface area contributed by atoms with Crippen molar-refractivity contribution in [3.05, 3.63) is 52.6 Å². The van der Waals surface area contributed by atoms with Crippen LogP contribution in [-0.4, -0.2) is 22.3 Å². The molecule has 1 heterocycles. The second-order valence-corrected chi connectivity index (χ2v) is 5.20. The van der Waals surface area contributed by atoms with Gasteiger partial charge in [-0.2, -0.15) is 0 Å². The summed E-state index contributed by atoms with van der Waals surface area (Å²) in [6.45, 7) is 1.54. The minimum Gasteiger partial charge on any atom is -0.507 e. The van der Waals surface area contributed by atoms with E-state index in [1.807, 2.05) is 30.3 Å². The zero-order valence-electron chi connectivity index (χ0n) is 11.9. The lowest BCUT2D eigenvalue weighted by Crippen LogP contribution is -2.21. The third kappa shape index (κ3) is 2.02. The maximum atomic E-state index is 12.4. The summed E-state index contributed by atoms with van der Waals surface area (Å²) in [6.07, 6.45) is -0.0949. The molecule has 1 atom stereocenters. The number of benzene rings is 2. The lowest BCUT2D eigenvalue weighted by Gasteiger charge is -2.28. The summed E-state index contributed by atoms with van der Waals surface area (Å²) < 4.78 is 5.82. The number of rotatable bonds is 2. The molecule has 22 heavy (non-hydrogen) atoms. The molecule has 2 aromatic rings. The van der Waals surface area contributed by atoms with Crippen molar-refractivity contribution in [3.63, 3.8) is 0 Å². The van der Waals surface area contributed by atoms with E-state index in [0.717, 1.165) is 5.56 Å². The molecule has 0 amide bonds. The Kier molecular flexibility index (Phi) is 3.33. The van der Waals surface area contributed by atoms with Crippen molar-refractivity contribution in [2.24, 2.45) is 0 Å². The summed E-state index contributed by atoms with van der Waals surface area (Å²) in [4.78, 5) is 23.4. The predicted octanol–water partition coefficient (Wildman–Crippen LogP) is 2.93. The largest absolute Gasteiger partial charge is 0.507 e. The summed E-state index contributed by atoms with van der Waals surface area (Å²) in [6, 6.07) is 9.24. The smallest absolute Gasteiger partial charge is 0.174 e. The van der Waals surface area contributed by atoms with Gasteiger partial charge in [0, 0.05) is 5.56 Å². The topological polar surface area (TPSA) is 83.8 Å². The van der Waals surface area contributed by atoms with Gasteiger partial charge >= 0.3 is 0 Å². The molecule has 0 bridgehead atoms. The van der Waals surface area contributed by atoms with Crippen molar-refractivity contribution in [3.8, 4) is 17.2 Å². The number of carbonyl (C=O) groups is 2. The van der Waals surface area contributed by atoms with Gasteiger partial charge < -0.3 is 14.9 Å². The third-order valence-electron chi connectivity index (χ3n) is 3.87. The zero-order valence-corrected chi connectivity index (χ0v) is 11.9. The maximum Gasteiger partial charge on any atom is 0.174 e. The number of fused-ring (bicyclic) bond motifs is 1. The summed E-state index contributed by atoms with van der Waals surface area (Å²) in [7, 11) is 0. The summed E-state index contributed by atoms with van der Waals surface area (Å²) in [5.41, 5.74) is 0.777. The summed E-state index contributed by atoms with van der Waals surface area (Å²) in [5.74, 6) is -1.08. The van der Waals surface area contributed by atoms with Crippen LogP contribution in [0.1, 0.15) is 44.4 Å². The van der Waals surface area contributed by atoms with E-state index in [4.69, 9.17) is 4.74 Å². The van der Waals surface area contributed by atoms with E-state index in [-0.39, 0.29) is 40.4 Å². The monoisotopic (exact) mass is 298 g/mol. The van der Waals surface area contributed by atoms with E-state index in [2.05, 4.69) is 0 Å².